The highest BCUT2D eigenvalue weighted by molar-refractivity contribution is 4.82. The molecule has 2 unspecified atom stereocenters. The van der Waals surface area contributed by atoms with Crippen LogP contribution in [0.5, 0.6) is 0 Å². The summed E-state index contributed by atoms with van der Waals surface area (Å²) in [5, 5.41) is 3.61. The van der Waals surface area contributed by atoms with E-state index in [1.165, 1.54) is 0 Å². The van der Waals surface area contributed by atoms with E-state index in [0.717, 1.165) is 52.4 Å². The fourth-order valence-corrected chi connectivity index (χ4v) is 2.83. The quantitative estimate of drug-likeness (QED) is 0.691. The van der Waals surface area contributed by atoms with Gasteiger partial charge in [-0.05, 0) is 18.9 Å². The Balaban J connectivity index is 2.48. The lowest BCUT2D eigenvalue weighted by Gasteiger charge is -2.36. The van der Waals surface area contributed by atoms with E-state index in [-0.39, 0.29) is 0 Å². The molecule has 0 aliphatic carbocycles. The maximum Gasteiger partial charge on any atom is 0.0589 e. The van der Waals surface area contributed by atoms with Gasteiger partial charge in [-0.1, -0.05) is 20.8 Å². The Morgan fingerprint density at radius 1 is 1.42 bits per heavy atom. The lowest BCUT2D eigenvalue weighted by Crippen LogP contribution is -2.48. The zero-order valence-corrected chi connectivity index (χ0v) is 13.2. The number of ether oxygens (including phenoxy) is 2. The predicted octanol–water partition coefficient (Wildman–Crippen LogP) is 1.61. The average molecular weight is 272 g/mol. The average Bonchev–Trinajstić information content (AvgIpc) is 2.38. The third-order valence-corrected chi connectivity index (χ3v) is 3.67. The highest BCUT2D eigenvalue weighted by atomic mass is 16.5. The maximum absolute atomic E-state index is 5.67. The molecule has 1 fully saturated rings. The number of nitrogens with one attached hydrogen (secondary N) is 1. The molecule has 0 spiro atoms. The van der Waals surface area contributed by atoms with E-state index in [1.807, 2.05) is 0 Å². The first kappa shape index (κ1) is 16.9. The molecule has 114 valence electrons. The van der Waals surface area contributed by atoms with E-state index in [1.54, 1.807) is 7.11 Å². The van der Waals surface area contributed by atoms with Crippen LogP contribution in [0.1, 0.15) is 27.2 Å². The Morgan fingerprint density at radius 3 is 2.84 bits per heavy atom. The third-order valence-electron chi connectivity index (χ3n) is 3.67. The van der Waals surface area contributed by atoms with Crippen LogP contribution < -0.4 is 5.32 Å². The number of methoxy groups -OCH3 is 1. The van der Waals surface area contributed by atoms with E-state index < -0.39 is 0 Å². The van der Waals surface area contributed by atoms with Crippen LogP contribution >= 0.6 is 0 Å². The largest absolute Gasteiger partial charge is 0.383 e. The zero-order chi connectivity index (χ0) is 14.1. The summed E-state index contributed by atoms with van der Waals surface area (Å²) in [6.45, 7) is 13.6. The van der Waals surface area contributed by atoms with Gasteiger partial charge in [-0.25, -0.2) is 0 Å². The number of hydrogen-bond acceptors (Lipinski definition) is 4. The number of rotatable bonds is 9. The maximum atomic E-state index is 5.67. The molecule has 19 heavy (non-hydrogen) atoms. The van der Waals surface area contributed by atoms with E-state index >= 15 is 0 Å². The molecule has 4 nitrogen and oxygen atoms in total. The fourth-order valence-electron chi connectivity index (χ4n) is 2.83. The van der Waals surface area contributed by atoms with Gasteiger partial charge in [0.15, 0.2) is 0 Å². The standard InChI is InChI=1S/C15H32N2O2/c1-5-16-15-6-8-19-12-14(15)11-17(7-9-18-4)10-13(2)3/h13-16H,5-12H2,1-4H3. The van der Waals surface area contributed by atoms with Crippen LogP contribution in [0, 0.1) is 11.8 Å². The van der Waals surface area contributed by atoms with Gasteiger partial charge >= 0.3 is 0 Å². The van der Waals surface area contributed by atoms with Crippen molar-refractivity contribution in [2.24, 2.45) is 11.8 Å². The van der Waals surface area contributed by atoms with Gasteiger partial charge in [-0.15, -0.1) is 0 Å². The molecule has 1 aliphatic heterocycles. The van der Waals surface area contributed by atoms with Crippen molar-refractivity contribution >= 4 is 0 Å². The Hall–Kier alpha value is -0.160. The summed E-state index contributed by atoms with van der Waals surface area (Å²) in [5.74, 6) is 1.29. The van der Waals surface area contributed by atoms with Crippen LogP contribution in [0.4, 0.5) is 0 Å². The molecule has 0 bridgehead atoms. The Kier molecular flexibility index (Phi) is 8.62. The van der Waals surface area contributed by atoms with Crippen molar-refractivity contribution in [3.8, 4) is 0 Å². The van der Waals surface area contributed by atoms with Crippen molar-refractivity contribution in [1.29, 1.82) is 0 Å². The molecule has 1 saturated heterocycles. The molecule has 0 aromatic rings. The summed E-state index contributed by atoms with van der Waals surface area (Å²) in [4.78, 5) is 2.53. The zero-order valence-electron chi connectivity index (χ0n) is 13.2. The van der Waals surface area contributed by atoms with Gasteiger partial charge in [-0.2, -0.15) is 0 Å². The summed E-state index contributed by atoms with van der Waals surface area (Å²) in [6.07, 6.45) is 1.14. The van der Waals surface area contributed by atoms with E-state index in [4.69, 9.17) is 9.47 Å². The second-order valence-electron chi connectivity index (χ2n) is 5.93. The molecule has 0 saturated carbocycles. The first-order chi connectivity index (χ1) is 9.17. The van der Waals surface area contributed by atoms with E-state index in [9.17, 15) is 0 Å². The highest BCUT2D eigenvalue weighted by Crippen LogP contribution is 2.17. The van der Waals surface area contributed by atoms with E-state index in [0.29, 0.717) is 17.9 Å². The van der Waals surface area contributed by atoms with Crippen molar-refractivity contribution in [1.82, 2.24) is 10.2 Å². The normalized spacial score (nSPS) is 24.3. The third kappa shape index (κ3) is 6.70. The van der Waals surface area contributed by atoms with Crippen LogP contribution in [0.2, 0.25) is 0 Å². The van der Waals surface area contributed by atoms with Gasteiger partial charge < -0.3 is 19.7 Å². The first-order valence-electron chi connectivity index (χ1n) is 7.69. The molecule has 1 heterocycles. The molecule has 1 rings (SSSR count). The summed E-state index contributed by atoms with van der Waals surface area (Å²) in [6, 6.07) is 0.607. The summed E-state index contributed by atoms with van der Waals surface area (Å²) in [5.41, 5.74) is 0. The van der Waals surface area contributed by atoms with Crippen molar-refractivity contribution in [2.75, 3.05) is 53.1 Å². The van der Waals surface area contributed by atoms with Gasteiger partial charge in [0.05, 0.1) is 13.2 Å². The van der Waals surface area contributed by atoms with Crippen molar-refractivity contribution in [3.05, 3.63) is 0 Å². The Morgan fingerprint density at radius 2 is 2.21 bits per heavy atom. The first-order valence-corrected chi connectivity index (χ1v) is 7.69. The van der Waals surface area contributed by atoms with Crippen molar-refractivity contribution in [2.45, 2.75) is 33.2 Å². The second kappa shape index (κ2) is 9.70. The van der Waals surface area contributed by atoms with Crippen LogP contribution in [0.15, 0.2) is 0 Å². The van der Waals surface area contributed by atoms with Crippen molar-refractivity contribution in [3.63, 3.8) is 0 Å². The predicted molar refractivity (Wildman–Crippen MR) is 79.5 cm³/mol. The molecule has 0 radical (unpaired) electrons. The molecule has 0 amide bonds. The summed E-state index contributed by atoms with van der Waals surface area (Å²) in [7, 11) is 1.78. The molecule has 1 N–H and O–H groups in total. The van der Waals surface area contributed by atoms with Crippen LogP contribution in [0.25, 0.3) is 0 Å². The van der Waals surface area contributed by atoms with Crippen LogP contribution in [-0.4, -0.2) is 64.1 Å². The summed E-state index contributed by atoms with van der Waals surface area (Å²) < 4.78 is 10.9. The van der Waals surface area contributed by atoms with Gasteiger partial charge in [0.1, 0.15) is 0 Å². The molecule has 0 aromatic heterocycles. The van der Waals surface area contributed by atoms with Gasteiger partial charge in [-0.3, -0.25) is 0 Å². The lowest BCUT2D eigenvalue weighted by atomic mass is 9.94. The van der Waals surface area contributed by atoms with E-state index in [2.05, 4.69) is 31.0 Å². The Labute approximate surface area is 118 Å². The van der Waals surface area contributed by atoms with Gasteiger partial charge in [0.2, 0.25) is 0 Å². The second-order valence-corrected chi connectivity index (χ2v) is 5.93. The Bertz CT molecular complexity index is 222. The molecule has 1 aliphatic rings. The highest BCUT2D eigenvalue weighted by Gasteiger charge is 2.26. The minimum Gasteiger partial charge on any atom is -0.383 e. The van der Waals surface area contributed by atoms with Gasteiger partial charge in [0, 0.05) is 45.3 Å². The van der Waals surface area contributed by atoms with Gasteiger partial charge in [0.25, 0.3) is 0 Å². The minimum absolute atomic E-state index is 0.601. The molecule has 0 aromatic carbocycles. The minimum atomic E-state index is 0.601. The lowest BCUT2D eigenvalue weighted by molar-refractivity contribution is 0.0119. The molecular formula is C15H32N2O2. The smallest absolute Gasteiger partial charge is 0.0589 e. The molecule has 2 atom stereocenters. The topological polar surface area (TPSA) is 33.7 Å². The monoisotopic (exact) mass is 272 g/mol. The SMILES string of the molecule is CCNC1CCOCC1CN(CCOC)CC(C)C. The number of nitrogens with zero attached hydrogens (tertiary/aromatic N) is 1. The van der Waals surface area contributed by atoms with Crippen LogP contribution in [-0.2, 0) is 9.47 Å². The molecule has 4 heteroatoms. The van der Waals surface area contributed by atoms with Crippen molar-refractivity contribution < 1.29 is 9.47 Å². The fraction of sp³-hybridized carbons (Fsp3) is 1.00. The summed E-state index contributed by atoms with van der Waals surface area (Å²) >= 11 is 0. The molecular weight excluding hydrogens is 240 g/mol. The number of hydrogen-bond donors (Lipinski definition) is 1. The van der Waals surface area contributed by atoms with Crippen LogP contribution in [0.3, 0.4) is 0 Å².